The van der Waals surface area contributed by atoms with Crippen molar-refractivity contribution in [3.05, 3.63) is 40.8 Å². The highest BCUT2D eigenvalue weighted by Gasteiger charge is 2.13. The minimum absolute atomic E-state index is 0.247. The van der Waals surface area contributed by atoms with Crippen molar-refractivity contribution in [1.82, 2.24) is 9.78 Å². The molecule has 0 saturated heterocycles. The minimum Gasteiger partial charge on any atom is -0.481 e. The average molecular weight is 263 g/mol. The van der Waals surface area contributed by atoms with Gasteiger partial charge in [-0.2, -0.15) is 5.10 Å². The third-order valence-electron chi connectivity index (χ3n) is 3.14. The first-order chi connectivity index (χ1) is 9.02. The van der Waals surface area contributed by atoms with E-state index >= 15 is 0 Å². The SMILES string of the molecule is COc1c(CNc2cc(F)ccc2C)c(C)nn1C. The molecule has 2 rings (SSSR count). The molecule has 0 radical (unpaired) electrons. The van der Waals surface area contributed by atoms with Crippen LogP contribution < -0.4 is 10.1 Å². The largest absolute Gasteiger partial charge is 0.481 e. The van der Waals surface area contributed by atoms with Crippen LogP contribution in [-0.2, 0) is 13.6 Å². The Morgan fingerprint density at radius 2 is 2.11 bits per heavy atom. The summed E-state index contributed by atoms with van der Waals surface area (Å²) < 4.78 is 20.2. The Morgan fingerprint density at radius 1 is 1.37 bits per heavy atom. The molecule has 0 saturated carbocycles. The Morgan fingerprint density at radius 3 is 2.79 bits per heavy atom. The summed E-state index contributed by atoms with van der Waals surface area (Å²) in [6.07, 6.45) is 0. The van der Waals surface area contributed by atoms with E-state index in [1.165, 1.54) is 12.1 Å². The van der Waals surface area contributed by atoms with Gasteiger partial charge in [0.05, 0.1) is 18.4 Å². The summed E-state index contributed by atoms with van der Waals surface area (Å²) in [6, 6.07) is 4.70. The van der Waals surface area contributed by atoms with Crippen molar-refractivity contribution in [3.8, 4) is 5.88 Å². The Labute approximate surface area is 112 Å². The number of benzene rings is 1. The molecule has 19 heavy (non-hydrogen) atoms. The van der Waals surface area contributed by atoms with Crippen molar-refractivity contribution in [2.24, 2.45) is 7.05 Å². The van der Waals surface area contributed by atoms with Gasteiger partial charge in [-0.1, -0.05) is 6.07 Å². The summed E-state index contributed by atoms with van der Waals surface area (Å²) in [6.45, 7) is 4.42. The van der Waals surface area contributed by atoms with Gasteiger partial charge in [-0.15, -0.1) is 0 Å². The van der Waals surface area contributed by atoms with Gasteiger partial charge in [-0.3, -0.25) is 0 Å². The predicted octanol–water partition coefficient (Wildman–Crippen LogP) is 2.80. The zero-order valence-electron chi connectivity index (χ0n) is 11.6. The molecule has 5 heteroatoms. The van der Waals surface area contributed by atoms with Crippen LogP contribution in [0.25, 0.3) is 0 Å². The molecule has 0 spiro atoms. The lowest BCUT2D eigenvalue weighted by molar-refractivity contribution is 0.370. The molecular weight excluding hydrogens is 245 g/mol. The van der Waals surface area contributed by atoms with Crippen molar-refractivity contribution in [1.29, 1.82) is 0 Å². The number of rotatable bonds is 4. The fourth-order valence-electron chi connectivity index (χ4n) is 2.11. The highest BCUT2D eigenvalue weighted by molar-refractivity contribution is 5.51. The van der Waals surface area contributed by atoms with Crippen LogP contribution in [-0.4, -0.2) is 16.9 Å². The monoisotopic (exact) mass is 263 g/mol. The molecule has 2 aromatic rings. The van der Waals surface area contributed by atoms with Gasteiger partial charge in [0.25, 0.3) is 0 Å². The van der Waals surface area contributed by atoms with Crippen molar-refractivity contribution < 1.29 is 9.13 Å². The van der Waals surface area contributed by atoms with E-state index in [0.717, 1.165) is 28.4 Å². The molecule has 0 fully saturated rings. The molecule has 0 bridgehead atoms. The van der Waals surface area contributed by atoms with Crippen LogP contribution in [0.15, 0.2) is 18.2 Å². The third kappa shape index (κ3) is 2.70. The van der Waals surface area contributed by atoms with E-state index < -0.39 is 0 Å². The lowest BCUT2D eigenvalue weighted by atomic mass is 10.2. The van der Waals surface area contributed by atoms with E-state index in [0.29, 0.717) is 6.54 Å². The Balaban J connectivity index is 2.21. The second-order valence-corrected chi connectivity index (χ2v) is 4.51. The minimum atomic E-state index is -0.247. The van der Waals surface area contributed by atoms with E-state index in [1.54, 1.807) is 17.9 Å². The molecule has 1 N–H and O–H groups in total. The van der Waals surface area contributed by atoms with Crippen LogP contribution in [0.2, 0.25) is 0 Å². The van der Waals surface area contributed by atoms with Gasteiger partial charge < -0.3 is 10.1 Å². The lowest BCUT2D eigenvalue weighted by Crippen LogP contribution is -2.04. The fraction of sp³-hybridized carbons (Fsp3) is 0.357. The van der Waals surface area contributed by atoms with E-state index in [2.05, 4.69) is 10.4 Å². The highest BCUT2D eigenvalue weighted by Crippen LogP contribution is 2.23. The molecule has 0 aliphatic heterocycles. The molecule has 0 aliphatic rings. The topological polar surface area (TPSA) is 39.1 Å². The van der Waals surface area contributed by atoms with Crippen molar-refractivity contribution in [2.75, 3.05) is 12.4 Å². The van der Waals surface area contributed by atoms with Crippen molar-refractivity contribution in [2.45, 2.75) is 20.4 Å². The first-order valence-corrected chi connectivity index (χ1v) is 6.09. The lowest BCUT2D eigenvalue weighted by Gasteiger charge is -2.10. The zero-order chi connectivity index (χ0) is 14.0. The number of nitrogens with one attached hydrogen (secondary N) is 1. The molecule has 1 aromatic carbocycles. The average Bonchev–Trinajstić information content (AvgIpc) is 2.64. The molecule has 1 aromatic heterocycles. The summed E-state index contributed by atoms with van der Waals surface area (Å²) in [5.41, 5.74) is 3.67. The quantitative estimate of drug-likeness (QED) is 0.922. The number of hydrogen-bond donors (Lipinski definition) is 1. The number of anilines is 1. The number of hydrogen-bond acceptors (Lipinski definition) is 3. The Hall–Kier alpha value is -2.04. The number of nitrogens with zero attached hydrogens (tertiary/aromatic N) is 2. The summed E-state index contributed by atoms with van der Waals surface area (Å²) in [7, 11) is 3.45. The third-order valence-corrected chi connectivity index (χ3v) is 3.14. The molecule has 0 atom stereocenters. The van der Waals surface area contributed by atoms with Crippen molar-refractivity contribution in [3.63, 3.8) is 0 Å². The van der Waals surface area contributed by atoms with Crippen LogP contribution in [0.4, 0.5) is 10.1 Å². The predicted molar refractivity (Wildman–Crippen MR) is 73.0 cm³/mol. The van der Waals surface area contributed by atoms with E-state index in [-0.39, 0.29) is 5.82 Å². The number of aryl methyl sites for hydroxylation is 3. The number of methoxy groups -OCH3 is 1. The van der Waals surface area contributed by atoms with Gasteiger partial charge in [-0.25, -0.2) is 9.07 Å². The smallest absolute Gasteiger partial charge is 0.216 e. The van der Waals surface area contributed by atoms with E-state index in [9.17, 15) is 4.39 Å². The Bertz CT molecular complexity index is 593. The highest BCUT2D eigenvalue weighted by atomic mass is 19.1. The Kier molecular flexibility index (Phi) is 3.74. The summed E-state index contributed by atoms with van der Waals surface area (Å²) >= 11 is 0. The van der Waals surface area contributed by atoms with Gasteiger partial charge in [0.2, 0.25) is 5.88 Å². The van der Waals surface area contributed by atoms with Gasteiger partial charge in [0, 0.05) is 19.3 Å². The second-order valence-electron chi connectivity index (χ2n) is 4.51. The van der Waals surface area contributed by atoms with Crippen LogP contribution >= 0.6 is 0 Å². The molecule has 0 unspecified atom stereocenters. The summed E-state index contributed by atoms with van der Waals surface area (Å²) in [5.74, 6) is 0.474. The molecule has 1 heterocycles. The zero-order valence-corrected chi connectivity index (χ0v) is 11.6. The normalized spacial score (nSPS) is 10.6. The van der Waals surface area contributed by atoms with E-state index in [1.807, 2.05) is 20.9 Å². The van der Waals surface area contributed by atoms with Crippen LogP contribution in [0.3, 0.4) is 0 Å². The number of aromatic nitrogens is 2. The van der Waals surface area contributed by atoms with Gasteiger partial charge >= 0.3 is 0 Å². The van der Waals surface area contributed by atoms with Gasteiger partial charge in [0.1, 0.15) is 5.82 Å². The first kappa shape index (κ1) is 13.4. The van der Waals surface area contributed by atoms with Crippen molar-refractivity contribution >= 4 is 5.69 Å². The summed E-state index contributed by atoms with van der Waals surface area (Å²) in [4.78, 5) is 0. The van der Waals surface area contributed by atoms with Crippen LogP contribution in [0, 0.1) is 19.7 Å². The number of ether oxygens (including phenoxy) is 1. The molecule has 0 aliphatic carbocycles. The van der Waals surface area contributed by atoms with Crippen LogP contribution in [0.5, 0.6) is 5.88 Å². The first-order valence-electron chi connectivity index (χ1n) is 6.09. The molecule has 102 valence electrons. The number of halogens is 1. The standard InChI is InChI=1S/C14H18FN3O/c1-9-5-6-11(15)7-13(9)16-8-12-10(2)17-18(3)14(12)19-4/h5-7,16H,8H2,1-4H3. The molecular formula is C14H18FN3O. The summed E-state index contributed by atoms with van der Waals surface area (Å²) in [5, 5.41) is 7.54. The molecule has 0 amide bonds. The van der Waals surface area contributed by atoms with Crippen LogP contribution in [0.1, 0.15) is 16.8 Å². The maximum absolute atomic E-state index is 13.2. The van der Waals surface area contributed by atoms with E-state index in [4.69, 9.17) is 4.74 Å². The molecule has 4 nitrogen and oxygen atoms in total. The van der Waals surface area contributed by atoms with Gasteiger partial charge in [0.15, 0.2) is 0 Å². The van der Waals surface area contributed by atoms with Gasteiger partial charge in [-0.05, 0) is 31.5 Å². The maximum atomic E-state index is 13.2. The second kappa shape index (κ2) is 5.30. The fourth-order valence-corrected chi connectivity index (χ4v) is 2.11. The maximum Gasteiger partial charge on any atom is 0.216 e.